The second-order valence-electron chi connectivity index (χ2n) is 4.09. The smallest absolute Gasteiger partial charge is 0.0593 e. The number of hydrogen-bond acceptors (Lipinski definition) is 3. The van der Waals surface area contributed by atoms with Crippen LogP contribution in [0, 0.1) is 0 Å². The molecule has 0 unspecified atom stereocenters. The van der Waals surface area contributed by atoms with Crippen LogP contribution < -0.4 is 5.73 Å². The third-order valence-electron chi connectivity index (χ3n) is 3.59. The first-order chi connectivity index (χ1) is 6.79. The van der Waals surface area contributed by atoms with Gasteiger partial charge in [-0.05, 0) is 19.3 Å². The van der Waals surface area contributed by atoms with E-state index in [9.17, 15) is 0 Å². The number of rotatable bonds is 4. The zero-order valence-corrected chi connectivity index (χ0v) is 9.59. The van der Waals surface area contributed by atoms with E-state index in [4.69, 9.17) is 10.5 Å². The molecule has 0 bridgehead atoms. The maximum atomic E-state index is 5.93. The maximum absolute atomic E-state index is 5.93. The van der Waals surface area contributed by atoms with Gasteiger partial charge in [0.05, 0.1) is 6.61 Å². The van der Waals surface area contributed by atoms with E-state index in [2.05, 4.69) is 18.7 Å². The van der Waals surface area contributed by atoms with Crippen LogP contribution in [0.2, 0.25) is 0 Å². The molecule has 1 rings (SSSR count). The van der Waals surface area contributed by atoms with E-state index in [1.165, 1.54) is 0 Å². The van der Waals surface area contributed by atoms with Gasteiger partial charge in [-0.25, -0.2) is 0 Å². The van der Waals surface area contributed by atoms with Crippen molar-refractivity contribution in [2.24, 2.45) is 5.73 Å². The summed E-state index contributed by atoms with van der Waals surface area (Å²) in [7, 11) is 0. The first-order valence-electron chi connectivity index (χ1n) is 5.82. The van der Waals surface area contributed by atoms with Crippen LogP contribution in [0.25, 0.3) is 0 Å². The molecular weight excluding hydrogens is 176 g/mol. The van der Waals surface area contributed by atoms with Gasteiger partial charge in [-0.3, -0.25) is 4.90 Å². The molecule has 1 heterocycles. The molecule has 0 amide bonds. The molecule has 1 fully saturated rings. The average molecular weight is 200 g/mol. The Kier molecular flexibility index (Phi) is 4.85. The molecule has 0 aromatic carbocycles. The molecule has 1 saturated heterocycles. The highest BCUT2D eigenvalue weighted by Crippen LogP contribution is 2.23. The van der Waals surface area contributed by atoms with Crippen LogP contribution in [0.4, 0.5) is 0 Å². The van der Waals surface area contributed by atoms with Gasteiger partial charge in [-0.2, -0.15) is 0 Å². The van der Waals surface area contributed by atoms with Crippen LogP contribution in [-0.2, 0) is 4.74 Å². The highest BCUT2D eigenvalue weighted by Gasteiger charge is 2.31. The predicted molar refractivity (Wildman–Crippen MR) is 59.4 cm³/mol. The summed E-state index contributed by atoms with van der Waals surface area (Å²) in [5.74, 6) is 0. The molecule has 0 saturated carbocycles. The van der Waals surface area contributed by atoms with Crippen molar-refractivity contribution in [2.45, 2.75) is 38.6 Å². The van der Waals surface area contributed by atoms with Gasteiger partial charge in [0.2, 0.25) is 0 Å². The molecule has 0 atom stereocenters. The highest BCUT2D eigenvalue weighted by atomic mass is 16.5. The van der Waals surface area contributed by atoms with Crippen molar-refractivity contribution < 1.29 is 4.74 Å². The van der Waals surface area contributed by atoms with E-state index >= 15 is 0 Å². The van der Waals surface area contributed by atoms with E-state index < -0.39 is 0 Å². The summed E-state index contributed by atoms with van der Waals surface area (Å²) >= 11 is 0. The molecule has 84 valence electrons. The normalized spacial score (nSPS) is 20.8. The molecule has 14 heavy (non-hydrogen) atoms. The van der Waals surface area contributed by atoms with Crippen molar-refractivity contribution in [2.75, 3.05) is 32.8 Å². The number of hydrogen-bond donors (Lipinski definition) is 1. The van der Waals surface area contributed by atoms with Crippen molar-refractivity contribution in [1.82, 2.24) is 4.90 Å². The molecule has 0 aromatic rings. The molecule has 0 radical (unpaired) electrons. The summed E-state index contributed by atoms with van der Waals surface area (Å²) in [6, 6.07) is 0. The summed E-state index contributed by atoms with van der Waals surface area (Å²) in [6.07, 6.45) is 3.42. The van der Waals surface area contributed by atoms with E-state index in [1.54, 1.807) is 0 Å². The molecule has 0 aromatic heterocycles. The average Bonchev–Trinajstić information content (AvgIpc) is 2.51. The Hall–Kier alpha value is -0.120. The Labute approximate surface area is 87.6 Å². The minimum absolute atomic E-state index is 0.216. The minimum Gasteiger partial charge on any atom is -0.380 e. The van der Waals surface area contributed by atoms with E-state index in [0.717, 1.165) is 52.1 Å². The Morgan fingerprint density at radius 3 is 2.50 bits per heavy atom. The Morgan fingerprint density at radius 2 is 1.93 bits per heavy atom. The molecule has 0 spiro atoms. The van der Waals surface area contributed by atoms with Crippen LogP contribution in [0.15, 0.2) is 0 Å². The van der Waals surface area contributed by atoms with Crippen molar-refractivity contribution in [3.8, 4) is 0 Å². The number of nitrogens with two attached hydrogens (primary N) is 1. The topological polar surface area (TPSA) is 38.5 Å². The number of ether oxygens (including phenoxy) is 1. The van der Waals surface area contributed by atoms with Gasteiger partial charge in [0.15, 0.2) is 0 Å². The highest BCUT2D eigenvalue weighted by molar-refractivity contribution is 4.89. The van der Waals surface area contributed by atoms with E-state index in [-0.39, 0.29) is 5.54 Å². The first kappa shape index (κ1) is 12.0. The molecule has 1 aliphatic heterocycles. The lowest BCUT2D eigenvalue weighted by Gasteiger charge is -2.41. The van der Waals surface area contributed by atoms with Gasteiger partial charge >= 0.3 is 0 Å². The second-order valence-corrected chi connectivity index (χ2v) is 4.09. The third-order valence-corrected chi connectivity index (χ3v) is 3.59. The van der Waals surface area contributed by atoms with Gasteiger partial charge < -0.3 is 10.5 Å². The number of nitrogens with zero attached hydrogens (tertiary/aromatic N) is 1. The van der Waals surface area contributed by atoms with Crippen molar-refractivity contribution >= 4 is 0 Å². The molecule has 0 aliphatic carbocycles. The Bertz CT molecular complexity index is 141. The maximum Gasteiger partial charge on any atom is 0.0593 e. The Balaban J connectivity index is 2.64. The largest absolute Gasteiger partial charge is 0.380 e. The van der Waals surface area contributed by atoms with Crippen LogP contribution in [-0.4, -0.2) is 43.3 Å². The Morgan fingerprint density at radius 1 is 1.21 bits per heavy atom. The fourth-order valence-electron chi connectivity index (χ4n) is 2.34. The zero-order valence-electron chi connectivity index (χ0n) is 9.59. The standard InChI is InChI=1S/C11H24N2O/c1-3-11(4-2,10-12)13-6-5-8-14-9-7-13/h3-10,12H2,1-2H3. The summed E-state index contributed by atoms with van der Waals surface area (Å²) in [5, 5.41) is 0. The van der Waals surface area contributed by atoms with Gasteiger partial charge in [-0.15, -0.1) is 0 Å². The minimum atomic E-state index is 0.216. The lowest BCUT2D eigenvalue weighted by molar-refractivity contribution is 0.0754. The van der Waals surface area contributed by atoms with Crippen LogP contribution in [0.1, 0.15) is 33.1 Å². The van der Waals surface area contributed by atoms with Crippen molar-refractivity contribution in [3.05, 3.63) is 0 Å². The van der Waals surface area contributed by atoms with Crippen LogP contribution in [0.3, 0.4) is 0 Å². The lowest BCUT2D eigenvalue weighted by Crippen LogP contribution is -2.54. The second kappa shape index (κ2) is 5.69. The summed E-state index contributed by atoms with van der Waals surface area (Å²) in [5.41, 5.74) is 6.14. The van der Waals surface area contributed by atoms with E-state index in [1.807, 2.05) is 0 Å². The summed E-state index contributed by atoms with van der Waals surface area (Å²) in [4.78, 5) is 2.53. The molecule has 3 heteroatoms. The van der Waals surface area contributed by atoms with Gasteiger partial charge in [0, 0.05) is 31.8 Å². The van der Waals surface area contributed by atoms with Crippen LogP contribution >= 0.6 is 0 Å². The van der Waals surface area contributed by atoms with E-state index in [0.29, 0.717) is 0 Å². The van der Waals surface area contributed by atoms with Crippen molar-refractivity contribution in [1.29, 1.82) is 0 Å². The quantitative estimate of drug-likeness (QED) is 0.741. The van der Waals surface area contributed by atoms with Gasteiger partial charge in [-0.1, -0.05) is 13.8 Å². The SMILES string of the molecule is CCC(CC)(CN)N1CCCOCC1. The predicted octanol–water partition coefficient (Wildman–Crippen LogP) is 1.23. The lowest BCUT2D eigenvalue weighted by atomic mass is 9.90. The summed E-state index contributed by atoms with van der Waals surface area (Å²) < 4.78 is 5.47. The van der Waals surface area contributed by atoms with Gasteiger partial charge in [0.1, 0.15) is 0 Å². The first-order valence-corrected chi connectivity index (χ1v) is 5.82. The third kappa shape index (κ3) is 2.47. The zero-order chi connectivity index (χ0) is 10.4. The molecule has 1 aliphatic rings. The van der Waals surface area contributed by atoms with Gasteiger partial charge in [0.25, 0.3) is 0 Å². The summed E-state index contributed by atoms with van der Waals surface area (Å²) in [6.45, 7) is 9.19. The molecule has 3 nitrogen and oxygen atoms in total. The molecular formula is C11H24N2O. The fraction of sp³-hybridized carbons (Fsp3) is 1.00. The van der Waals surface area contributed by atoms with Crippen molar-refractivity contribution in [3.63, 3.8) is 0 Å². The van der Waals surface area contributed by atoms with Crippen LogP contribution in [0.5, 0.6) is 0 Å². The fourth-order valence-corrected chi connectivity index (χ4v) is 2.34. The molecule has 2 N–H and O–H groups in total. The monoisotopic (exact) mass is 200 g/mol.